The van der Waals surface area contributed by atoms with E-state index in [2.05, 4.69) is 15.9 Å². The summed E-state index contributed by atoms with van der Waals surface area (Å²) in [5.41, 5.74) is 2.72. The SMILES string of the molecule is Cc1cc(Cl)cc(C(O)c2ccc(Br)cc2)c1. The Balaban J connectivity index is 2.36. The van der Waals surface area contributed by atoms with Gasteiger partial charge in [0, 0.05) is 9.50 Å². The van der Waals surface area contributed by atoms with Crippen LogP contribution in [0.3, 0.4) is 0 Å². The summed E-state index contributed by atoms with van der Waals surface area (Å²) in [4.78, 5) is 0. The predicted molar refractivity (Wildman–Crippen MR) is 74.4 cm³/mol. The quantitative estimate of drug-likeness (QED) is 0.866. The average Bonchev–Trinajstić information content (AvgIpc) is 2.28. The Morgan fingerprint density at radius 1 is 1.06 bits per heavy atom. The van der Waals surface area contributed by atoms with Crippen LogP contribution in [0.4, 0.5) is 0 Å². The van der Waals surface area contributed by atoms with Gasteiger partial charge in [0.1, 0.15) is 6.10 Å². The molecule has 2 aromatic rings. The lowest BCUT2D eigenvalue weighted by Gasteiger charge is -2.12. The van der Waals surface area contributed by atoms with Crippen molar-refractivity contribution >= 4 is 27.5 Å². The summed E-state index contributed by atoms with van der Waals surface area (Å²) in [6.07, 6.45) is -0.638. The molecule has 1 N–H and O–H groups in total. The largest absolute Gasteiger partial charge is 0.384 e. The van der Waals surface area contributed by atoms with Crippen LogP contribution in [0, 0.1) is 6.92 Å². The van der Waals surface area contributed by atoms with Crippen LogP contribution in [0.25, 0.3) is 0 Å². The van der Waals surface area contributed by atoms with Crippen molar-refractivity contribution in [1.29, 1.82) is 0 Å². The maximum Gasteiger partial charge on any atom is 0.104 e. The van der Waals surface area contributed by atoms with Gasteiger partial charge >= 0.3 is 0 Å². The summed E-state index contributed by atoms with van der Waals surface area (Å²) in [6.45, 7) is 1.96. The van der Waals surface area contributed by atoms with E-state index in [1.54, 1.807) is 6.07 Å². The second kappa shape index (κ2) is 5.21. The fourth-order valence-electron chi connectivity index (χ4n) is 1.76. The van der Waals surface area contributed by atoms with E-state index >= 15 is 0 Å². The number of aliphatic hydroxyl groups is 1. The molecular weight excluding hydrogens is 300 g/mol. The summed E-state index contributed by atoms with van der Waals surface area (Å²) in [6, 6.07) is 13.2. The molecule has 0 radical (unpaired) electrons. The molecule has 17 heavy (non-hydrogen) atoms. The number of hydrogen-bond acceptors (Lipinski definition) is 1. The van der Waals surface area contributed by atoms with E-state index in [1.807, 2.05) is 43.3 Å². The van der Waals surface area contributed by atoms with E-state index in [0.717, 1.165) is 21.2 Å². The van der Waals surface area contributed by atoms with Crippen molar-refractivity contribution < 1.29 is 5.11 Å². The van der Waals surface area contributed by atoms with Gasteiger partial charge in [0.15, 0.2) is 0 Å². The van der Waals surface area contributed by atoms with Crippen LogP contribution in [0.1, 0.15) is 22.8 Å². The standard InChI is InChI=1S/C14H12BrClO/c1-9-6-11(8-13(16)7-9)14(17)10-2-4-12(15)5-3-10/h2-8,14,17H,1H3. The molecule has 0 aliphatic rings. The summed E-state index contributed by atoms with van der Waals surface area (Å²) in [5.74, 6) is 0. The minimum atomic E-state index is -0.638. The molecule has 0 aliphatic carbocycles. The molecule has 0 bridgehead atoms. The molecular formula is C14H12BrClO. The molecule has 3 heteroatoms. The molecule has 0 aliphatic heterocycles. The van der Waals surface area contributed by atoms with Gasteiger partial charge in [-0.3, -0.25) is 0 Å². The minimum absolute atomic E-state index is 0.638. The molecule has 2 aromatic carbocycles. The summed E-state index contributed by atoms with van der Waals surface area (Å²) >= 11 is 9.36. The smallest absolute Gasteiger partial charge is 0.104 e. The van der Waals surface area contributed by atoms with Gasteiger partial charge < -0.3 is 5.11 Å². The Hall–Kier alpha value is -0.830. The third-order valence-corrected chi connectivity index (χ3v) is 3.31. The van der Waals surface area contributed by atoms with Crippen LogP contribution in [0.5, 0.6) is 0 Å². The van der Waals surface area contributed by atoms with Crippen LogP contribution in [-0.4, -0.2) is 5.11 Å². The number of benzene rings is 2. The van der Waals surface area contributed by atoms with E-state index in [9.17, 15) is 5.11 Å². The first-order valence-corrected chi connectivity index (χ1v) is 6.44. The third-order valence-electron chi connectivity index (χ3n) is 2.57. The first-order valence-electron chi connectivity index (χ1n) is 5.27. The lowest BCUT2D eigenvalue weighted by Crippen LogP contribution is -1.99. The van der Waals surface area contributed by atoms with Gasteiger partial charge in [0.05, 0.1) is 0 Å². The Kier molecular flexibility index (Phi) is 3.87. The van der Waals surface area contributed by atoms with Crippen molar-refractivity contribution in [2.24, 2.45) is 0 Å². The van der Waals surface area contributed by atoms with Crippen LogP contribution < -0.4 is 0 Å². The van der Waals surface area contributed by atoms with Gasteiger partial charge in [-0.1, -0.05) is 45.7 Å². The number of halogens is 2. The highest BCUT2D eigenvalue weighted by Gasteiger charge is 2.11. The van der Waals surface area contributed by atoms with Crippen LogP contribution in [-0.2, 0) is 0 Å². The Morgan fingerprint density at radius 2 is 1.71 bits per heavy atom. The van der Waals surface area contributed by atoms with E-state index < -0.39 is 6.10 Å². The zero-order chi connectivity index (χ0) is 12.4. The van der Waals surface area contributed by atoms with Gasteiger partial charge in [0.25, 0.3) is 0 Å². The van der Waals surface area contributed by atoms with Crippen LogP contribution in [0.15, 0.2) is 46.9 Å². The van der Waals surface area contributed by atoms with Gasteiger partial charge in [0.2, 0.25) is 0 Å². The number of aryl methyl sites for hydroxylation is 1. The first-order chi connectivity index (χ1) is 8.06. The lowest BCUT2D eigenvalue weighted by atomic mass is 10.0. The molecule has 0 spiro atoms. The average molecular weight is 312 g/mol. The molecule has 1 nitrogen and oxygen atoms in total. The molecule has 1 unspecified atom stereocenters. The van der Waals surface area contributed by atoms with Crippen molar-refractivity contribution in [2.45, 2.75) is 13.0 Å². The monoisotopic (exact) mass is 310 g/mol. The molecule has 1 atom stereocenters. The van der Waals surface area contributed by atoms with Crippen molar-refractivity contribution in [1.82, 2.24) is 0 Å². The molecule has 0 saturated heterocycles. The van der Waals surface area contributed by atoms with Crippen LogP contribution >= 0.6 is 27.5 Å². The number of hydrogen-bond donors (Lipinski definition) is 1. The Labute approximate surface area is 114 Å². The van der Waals surface area contributed by atoms with E-state index in [4.69, 9.17) is 11.6 Å². The minimum Gasteiger partial charge on any atom is -0.384 e. The molecule has 88 valence electrons. The van der Waals surface area contributed by atoms with Gasteiger partial charge in [-0.05, 0) is 47.9 Å². The van der Waals surface area contributed by atoms with E-state index in [0.29, 0.717) is 5.02 Å². The Morgan fingerprint density at radius 3 is 2.29 bits per heavy atom. The molecule has 0 amide bonds. The van der Waals surface area contributed by atoms with Crippen LogP contribution in [0.2, 0.25) is 5.02 Å². The third kappa shape index (κ3) is 3.09. The molecule has 0 heterocycles. The van der Waals surface area contributed by atoms with Gasteiger partial charge in [-0.15, -0.1) is 0 Å². The molecule has 0 saturated carbocycles. The Bertz CT molecular complexity index is 502. The topological polar surface area (TPSA) is 20.2 Å². The second-order valence-electron chi connectivity index (χ2n) is 4.02. The first kappa shape index (κ1) is 12.6. The summed E-state index contributed by atoms with van der Waals surface area (Å²) in [7, 11) is 0. The van der Waals surface area contributed by atoms with Crippen molar-refractivity contribution in [3.63, 3.8) is 0 Å². The van der Waals surface area contributed by atoms with Crippen molar-refractivity contribution in [3.8, 4) is 0 Å². The fourth-order valence-corrected chi connectivity index (χ4v) is 2.32. The summed E-state index contributed by atoms with van der Waals surface area (Å²) < 4.78 is 0.996. The highest BCUT2D eigenvalue weighted by Crippen LogP contribution is 2.26. The number of rotatable bonds is 2. The molecule has 0 aromatic heterocycles. The highest BCUT2D eigenvalue weighted by atomic mass is 79.9. The fraction of sp³-hybridized carbons (Fsp3) is 0.143. The lowest BCUT2D eigenvalue weighted by molar-refractivity contribution is 0.220. The number of aliphatic hydroxyl groups excluding tert-OH is 1. The van der Waals surface area contributed by atoms with Crippen molar-refractivity contribution in [2.75, 3.05) is 0 Å². The zero-order valence-corrected chi connectivity index (χ0v) is 11.7. The van der Waals surface area contributed by atoms with Gasteiger partial charge in [-0.25, -0.2) is 0 Å². The predicted octanol–water partition coefficient (Wildman–Crippen LogP) is 4.49. The van der Waals surface area contributed by atoms with Crippen molar-refractivity contribution in [3.05, 3.63) is 68.7 Å². The molecule has 2 rings (SSSR count). The maximum atomic E-state index is 10.3. The van der Waals surface area contributed by atoms with Gasteiger partial charge in [-0.2, -0.15) is 0 Å². The van der Waals surface area contributed by atoms with E-state index in [-0.39, 0.29) is 0 Å². The second-order valence-corrected chi connectivity index (χ2v) is 5.37. The highest BCUT2D eigenvalue weighted by molar-refractivity contribution is 9.10. The maximum absolute atomic E-state index is 10.3. The van der Waals surface area contributed by atoms with E-state index in [1.165, 1.54) is 0 Å². The molecule has 0 fully saturated rings. The summed E-state index contributed by atoms with van der Waals surface area (Å²) in [5, 5.41) is 10.9. The normalized spacial score (nSPS) is 12.5. The zero-order valence-electron chi connectivity index (χ0n) is 9.32.